The minimum Gasteiger partial charge on any atom is -0.435 e. The highest BCUT2D eigenvalue weighted by atomic mass is 16.7. The van der Waals surface area contributed by atoms with E-state index in [9.17, 15) is 14.4 Å². The zero-order valence-electron chi connectivity index (χ0n) is 9.39. The third-order valence-electron chi connectivity index (χ3n) is 1.25. The van der Waals surface area contributed by atoms with Gasteiger partial charge in [0.05, 0.1) is 6.26 Å². The highest BCUT2D eigenvalue weighted by molar-refractivity contribution is 5.68. The zero-order valence-corrected chi connectivity index (χ0v) is 9.39. The van der Waals surface area contributed by atoms with Crippen molar-refractivity contribution in [2.45, 2.75) is 33.5 Å². The first kappa shape index (κ1) is 14.2. The molecule has 0 heterocycles. The third-order valence-corrected chi connectivity index (χ3v) is 1.25. The third kappa shape index (κ3) is 8.74. The van der Waals surface area contributed by atoms with E-state index in [1.54, 1.807) is 0 Å². The van der Waals surface area contributed by atoms with E-state index >= 15 is 0 Å². The molecule has 0 aromatic rings. The van der Waals surface area contributed by atoms with Gasteiger partial charge in [0.15, 0.2) is 0 Å². The lowest BCUT2D eigenvalue weighted by Crippen LogP contribution is -2.21. The predicted octanol–water partition coefficient (Wildman–Crippen LogP) is 0.906. The van der Waals surface area contributed by atoms with E-state index in [1.165, 1.54) is 26.8 Å². The molecule has 0 bridgehead atoms. The molecule has 0 aromatic heterocycles. The lowest BCUT2D eigenvalue weighted by molar-refractivity contribution is -0.184. The van der Waals surface area contributed by atoms with E-state index in [2.05, 4.69) is 4.74 Å². The zero-order chi connectivity index (χ0) is 12.6. The average molecular weight is 230 g/mol. The van der Waals surface area contributed by atoms with Crippen molar-refractivity contribution < 1.29 is 28.6 Å². The van der Waals surface area contributed by atoms with Crippen LogP contribution in [0.1, 0.15) is 27.2 Å². The second-order valence-electron chi connectivity index (χ2n) is 2.87. The molecule has 0 radical (unpaired) electrons. The highest BCUT2D eigenvalue weighted by Gasteiger charge is 2.13. The van der Waals surface area contributed by atoms with Crippen LogP contribution in [0.25, 0.3) is 0 Å². The van der Waals surface area contributed by atoms with Gasteiger partial charge in [0, 0.05) is 27.2 Å². The van der Waals surface area contributed by atoms with Crippen molar-refractivity contribution in [2.24, 2.45) is 0 Å². The Bertz CT molecular complexity index is 278. The number of rotatable bonds is 5. The second kappa shape index (κ2) is 7.44. The standard InChI is InChI=1S/C10H14O6/c1-7(11)14-6-4-5-10(15-8(2)12)16-9(3)13/h4,6,10H,5H2,1-3H3/b6-4+. The maximum atomic E-state index is 10.7. The van der Waals surface area contributed by atoms with Gasteiger partial charge in [-0.3, -0.25) is 14.4 Å². The summed E-state index contributed by atoms with van der Waals surface area (Å²) in [6.45, 7) is 3.65. The molecular formula is C10H14O6. The molecule has 0 aliphatic carbocycles. The topological polar surface area (TPSA) is 78.9 Å². The number of carbonyl (C=O) groups is 3. The number of carbonyl (C=O) groups excluding carboxylic acids is 3. The fourth-order valence-electron chi connectivity index (χ4n) is 0.801. The Labute approximate surface area is 93.2 Å². The maximum Gasteiger partial charge on any atom is 0.307 e. The molecule has 0 atom stereocenters. The Balaban J connectivity index is 4.09. The van der Waals surface area contributed by atoms with Gasteiger partial charge in [-0.15, -0.1) is 0 Å². The number of hydrogen-bond acceptors (Lipinski definition) is 6. The molecule has 0 amide bonds. The molecule has 0 saturated heterocycles. The molecule has 0 saturated carbocycles. The minimum atomic E-state index is -0.998. The summed E-state index contributed by atoms with van der Waals surface area (Å²) in [5, 5.41) is 0. The monoisotopic (exact) mass is 230 g/mol. The van der Waals surface area contributed by atoms with Crippen molar-refractivity contribution in [2.75, 3.05) is 0 Å². The molecule has 90 valence electrons. The van der Waals surface area contributed by atoms with Gasteiger partial charge >= 0.3 is 17.9 Å². The Morgan fingerprint density at radius 1 is 1.00 bits per heavy atom. The fraction of sp³-hybridized carbons (Fsp3) is 0.500. The quantitative estimate of drug-likeness (QED) is 0.396. The number of hydrogen-bond donors (Lipinski definition) is 0. The fourth-order valence-corrected chi connectivity index (χ4v) is 0.801. The molecule has 6 heteroatoms. The van der Waals surface area contributed by atoms with E-state index in [0.29, 0.717) is 0 Å². The summed E-state index contributed by atoms with van der Waals surface area (Å²) < 4.78 is 13.9. The summed E-state index contributed by atoms with van der Waals surface area (Å²) in [5.41, 5.74) is 0. The van der Waals surface area contributed by atoms with Crippen LogP contribution in [0.2, 0.25) is 0 Å². The predicted molar refractivity (Wildman–Crippen MR) is 52.8 cm³/mol. The minimum absolute atomic E-state index is 0.117. The molecule has 0 fully saturated rings. The molecule has 0 spiro atoms. The summed E-state index contributed by atoms with van der Waals surface area (Å²) in [4.78, 5) is 31.7. The van der Waals surface area contributed by atoms with Crippen molar-refractivity contribution in [1.82, 2.24) is 0 Å². The van der Waals surface area contributed by atoms with E-state index in [-0.39, 0.29) is 6.42 Å². The van der Waals surface area contributed by atoms with Gasteiger partial charge in [-0.2, -0.15) is 0 Å². The van der Waals surface area contributed by atoms with Crippen molar-refractivity contribution in [1.29, 1.82) is 0 Å². The average Bonchev–Trinajstić information content (AvgIpc) is 2.09. The Morgan fingerprint density at radius 3 is 1.88 bits per heavy atom. The molecule has 0 aromatic carbocycles. The van der Waals surface area contributed by atoms with E-state index in [4.69, 9.17) is 9.47 Å². The molecule has 0 aliphatic rings. The highest BCUT2D eigenvalue weighted by Crippen LogP contribution is 2.03. The Kier molecular flexibility index (Phi) is 6.58. The number of ether oxygens (including phenoxy) is 3. The van der Waals surface area contributed by atoms with E-state index in [0.717, 1.165) is 6.26 Å². The lowest BCUT2D eigenvalue weighted by atomic mass is 10.4. The van der Waals surface area contributed by atoms with Crippen molar-refractivity contribution in [3.63, 3.8) is 0 Å². The van der Waals surface area contributed by atoms with Gasteiger partial charge in [0.25, 0.3) is 6.29 Å². The van der Waals surface area contributed by atoms with Crippen LogP contribution in [0.3, 0.4) is 0 Å². The second-order valence-corrected chi connectivity index (χ2v) is 2.87. The smallest absolute Gasteiger partial charge is 0.307 e. The van der Waals surface area contributed by atoms with Gasteiger partial charge < -0.3 is 14.2 Å². The van der Waals surface area contributed by atoms with Gasteiger partial charge in [-0.25, -0.2) is 0 Å². The molecule has 16 heavy (non-hydrogen) atoms. The van der Waals surface area contributed by atoms with Crippen LogP contribution in [-0.2, 0) is 28.6 Å². The van der Waals surface area contributed by atoms with E-state index in [1.807, 2.05) is 0 Å². The molecule has 6 nitrogen and oxygen atoms in total. The van der Waals surface area contributed by atoms with Crippen molar-refractivity contribution in [3.05, 3.63) is 12.3 Å². The first-order valence-electron chi connectivity index (χ1n) is 4.58. The van der Waals surface area contributed by atoms with Crippen molar-refractivity contribution >= 4 is 17.9 Å². The maximum absolute atomic E-state index is 10.7. The van der Waals surface area contributed by atoms with Gasteiger partial charge in [-0.1, -0.05) is 0 Å². The summed E-state index contributed by atoms with van der Waals surface area (Å²) in [6.07, 6.45) is 1.67. The van der Waals surface area contributed by atoms with Crippen LogP contribution in [-0.4, -0.2) is 24.2 Å². The SMILES string of the molecule is CC(=O)O/C=C/CC(OC(C)=O)OC(C)=O. The first-order valence-corrected chi connectivity index (χ1v) is 4.58. The number of esters is 3. The molecular weight excluding hydrogens is 216 g/mol. The van der Waals surface area contributed by atoms with E-state index < -0.39 is 24.2 Å². The Hall–Kier alpha value is -1.85. The van der Waals surface area contributed by atoms with Crippen LogP contribution in [0.5, 0.6) is 0 Å². The van der Waals surface area contributed by atoms with Crippen LogP contribution < -0.4 is 0 Å². The largest absolute Gasteiger partial charge is 0.435 e. The van der Waals surface area contributed by atoms with Gasteiger partial charge in [0.1, 0.15) is 0 Å². The summed E-state index contributed by atoms with van der Waals surface area (Å²) in [5.74, 6) is -1.59. The van der Waals surface area contributed by atoms with Crippen molar-refractivity contribution in [3.8, 4) is 0 Å². The molecule has 0 unspecified atom stereocenters. The Morgan fingerprint density at radius 2 is 1.50 bits per heavy atom. The van der Waals surface area contributed by atoms with Crippen LogP contribution in [0.15, 0.2) is 12.3 Å². The molecule has 0 N–H and O–H groups in total. The molecule has 0 rings (SSSR count). The van der Waals surface area contributed by atoms with Crippen LogP contribution >= 0.6 is 0 Å². The summed E-state index contributed by atoms with van der Waals surface area (Å²) in [7, 11) is 0. The van der Waals surface area contributed by atoms with Gasteiger partial charge in [-0.05, 0) is 6.08 Å². The summed E-state index contributed by atoms with van der Waals surface area (Å²) >= 11 is 0. The van der Waals surface area contributed by atoms with Gasteiger partial charge in [0.2, 0.25) is 0 Å². The molecule has 0 aliphatic heterocycles. The summed E-state index contributed by atoms with van der Waals surface area (Å²) in [6, 6.07) is 0. The first-order chi connectivity index (χ1) is 7.41. The lowest BCUT2D eigenvalue weighted by Gasteiger charge is -2.14. The normalized spacial score (nSPS) is 10.2. The van der Waals surface area contributed by atoms with Crippen LogP contribution in [0, 0.1) is 0 Å². The van der Waals surface area contributed by atoms with Crippen LogP contribution in [0.4, 0.5) is 0 Å².